The highest BCUT2D eigenvalue weighted by molar-refractivity contribution is 5.92. The van der Waals surface area contributed by atoms with E-state index in [4.69, 9.17) is 0 Å². The molecule has 2 fully saturated rings. The van der Waals surface area contributed by atoms with Gasteiger partial charge in [0.15, 0.2) is 0 Å². The first-order valence-electron chi connectivity index (χ1n) is 11.2. The Morgan fingerprint density at radius 3 is 2.48 bits per heavy atom. The van der Waals surface area contributed by atoms with Crippen LogP contribution in [0.4, 0.5) is 13.2 Å². The van der Waals surface area contributed by atoms with Crippen molar-refractivity contribution in [3.05, 3.63) is 59.4 Å². The summed E-state index contributed by atoms with van der Waals surface area (Å²) in [7, 11) is 0. The van der Waals surface area contributed by atoms with Crippen LogP contribution in [0.5, 0.6) is 0 Å². The number of aromatic nitrogens is 1. The molecule has 1 saturated carbocycles. The molecular formula is C25H25F3N2O3. The van der Waals surface area contributed by atoms with Gasteiger partial charge in [-0.25, -0.2) is 13.2 Å². The van der Waals surface area contributed by atoms with Gasteiger partial charge in [-0.05, 0) is 66.6 Å². The number of nitrogens with one attached hydrogen (secondary N) is 1. The summed E-state index contributed by atoms with van der Waals surface area (Å²) < 4.78 is 42.0. The van der Waals surface area contributed by atoms with Crippen LogP contribution in [0.15, 0.2) is 36.4 Å². The molecule has 5 rings (SSSR count). The van der Waals surface area contributed by atoms with Gasteiger partial charge in [-0.1, -0.05) is 0 Å². The van der Waals surface area contributed by atoms with Gasteiger partial charge in [0.2, 0.25) is 5.91 Å². The number of β-amino-alcohol motifs (C(OH)–C–C–N with tert-alkyl or cyclic N) is 1. The van der Waals surface area contributed by atoms with Crippen LogP contribution in [0.1, 0.15) is 30.7 Å². The number of aromatic amines is 1. The van der Waals surface area contributed by atoms with Crippen LogP contribution in [0, 0.1) is 29.3 Å². The Hall–Kier alpha value is -2.84. The van der Waals surface area contributed by atoms with Crippen molar-refractivity contribution in [3.63, 3.8) is 0 Å². The molecule has 33 heavy (non-hydrogen) atoms. The number of aliphatic hydroxyl groups is 2. The number of benzene rings is 2. The molecule has 3 aromatic rings. The minimum absolute atomic E-state index is 0.0396. The van der Waals surface area contributed by atoms with Gasteiger partial charge in [-0.2, -0.15) is 0 Å². The molecular weight excluding hydrogens is 433 g/mol. The first-order valence-corrected chi connectivity index (χ1v) is 11.2. The number of amides is 1. The third kappa shape index (κ3) is 3.91. The molecule has 1 aliphatic heterocycles. The zero-order valence-corrected chi connectivity index (χ0v) is 17.9. The summed E-state index contributed by atoms with van der Waals surface area (Å²) in [5, 5.41) is 19.9. The van der Waals surface area contributed by atoms with Gasteiger partial charge < -0.3 is 20.1 Å². The molecule has 0 unspecified atom stereocenters. The number of carbonyl (C=O) groups excluding carboxylic acids is 1. The summed E-state index contributed by atoms with van der Waals surface area (Å²) in [5.41, 5.74) is 2.18. The molecule has 0 spiro atoms. The molecule has 0 radical (unpaired) electrons. The van der Waals surface area contributed by atoms with Crippen molar-refractivity contribution in [3.8, 4) is 11.3 Å². The summed E-state index contributed by atoms with van der Waals surface area (Å²) in [5.74, 6) is -2.35. The predicted octanol–water partition coefficient (Wildman–Crippen LogP) is 3.95. The molecule has 1 amide bonds. The number of hydrogen-bond acceptors (Lipinski definition) is 3. The van der Waals surface area contributed by atoms with Crippen molar-refractivity contribution in [2.24, 2.45) is 11.8 Å². The van der Waals surface area contributed by atoms with E-state index < -0.39 is 23.6 Å². The number of nitrogens with zero attached hydrogens (tertiary/aromatic N) is 1. The second-order valence-electron chi connectivity index (χ2n) is 9.18. The lowest BCUT2D eigenvalue weighted by Crippen LogP contribution is -2.50. The number of aliphatic hydroxyl groups excluding tert-OH is 2. The van der Waals surface area contributed by atoms with Crippen molar-refractivity contribution in [2.45, 2.75) is 31.3 Å². The molecule has 8 heteroatoms. The molecule has 1 aromatic heterocycles. The maximum atomic E-state index is 14.5. The first kappa shape index (κ1) is 22.0. The largest absolute Gasteiger partial charge is 0.396 e. The van der Waals surface area contributed by atoms with Crippen molar-refractivity contribution < 1.29 is 28.2 Å². The monoisotopic (exact) mass is 458 g/mol. The first-order chi connectivity index (χ1) is 15.9. The molecule has 2 atom stereocenters. The third-order valence-corrected chi connectivity index (χ3v) is 7.16. The minimum atomic E-state index is -0.742. The number of halogens is 3. The fourth-order valence-corrected chi connectivity index (χ4v) is 5.22. The minimum Gasteiger partial charge on any atom is -0.396 e. The van der Waals surface area contributed by atoms with E-state index in [1.807, 2.05) is 0 Å². The van der Waals surface area contributed by atoms with Crippen molar-refractivity contribution >= 4 is 16.8 Å². The quantitative estimate of drug-likeness (QED) is 0.554. The Bertz CT molecular complexity index is 1190. The van der Waals surface area contributed by atoms with E-state index in [-0.39, 0.29) is 42.3 Å². The average Bonchev–Trinajstić information content (AvgIpc) is 3.12. The lowest BCUT2D eigenvalue weighted by Gasteiger charge is -2.41. The zero-order valence-electron chi connectivity index (χ0n) is 17.9. The number of fused-ring (bicyclic) bond motifs is 1. The highest BCUT2D eigenvalue weighted by Crippen LogP contribution is 2.49. The van der Waals surface area contributed by atoms with Crippen molar-refractivity contribution in [1.82, 2.24) is 9.88 Å². The number of H-pyrrole nitrogens is 1. The summed E-state index contributed by atoms with van der Waals surface area (Å²) >= 11 is 0. The van der Waals surface area contributed by atoms with Crippen LogP contribution in [0.25, 0.3) is 22.2 Å². The lowest BCUT2D eigenvalue weighted by atomic mass is 9.69. The van der Waals surface area contributed by atoms with Crippen LogP contribution < -0.4 is 0 Å². The smallest absolute Gasteiger partial charge is 0.225 e. The molecule has 0 bridgehead atoms. The van der Waals surface area contributed by atoms with Gasteiger partial charge >= 0.3 is 0 Å². The Kier molecular flexibility index (Phi) is 5.66. The Morgan fingerprint density at radius 2 is 1.82 bits per heavy atom. The number of hydrogen-bond donors (Lipinski definition) is 3. The van der Waals surface area contributed by atoms with Crippen LogP contribution in [0.2, 0.25) is 0 Å². The van der Waals surface area contributed by atoms with Gasteiger partial charge in [0.1, 0.15) is 17.5 Å². The fraction of sp³-hybridized carbons (Fsp3) is 0.400. The van der Waals surface area contributed by atoms with Gasteiger partial charge in [0.05, 0.1) is 17.3 Å². The molecule has 1 saturated heterocycles. The van der Waals surface area contributed by atoms with E-state index >= 15 is 0 Å². The van der Waals surface area contributed by atoms with E-state index in [2.05, 4.69) is 4.98 Å². The van der Waals surface area contributed by atoms with Gasteiger partial charge in [-0.15, -0.1) is 0 Å². The van der Waals surface area contributed by atoms with Crippen molar-refractivity contribution in [2.75, 3.05) is 19.7 Å². The molecule has 1 aliphatic carbocycles. The number of rotatable bonds is 4. The summed E-state index contributed by atoms with van der Waals surface area (Å²) in [6.07, 6.45) is 0.852. The van der Waals surface area contributed by atoms with Crippen LogP contribution in [0.3, 0.4) is 0 Å². The van der Waals surface area contributed by atoms with Gasteiger partial charge in [0, 0.05) is 43.0 Å². The fourth-order valence-electron chi connectivity index (χ4n) is 5.22. The van der Waals surface area contributed by atoms with E-state index in [0.29, 0.717) is 42.5 Å². The van der Waals surface area contributed by atoms with E-state index in [1.54, 1.807) is 17.0 Å². The number of likely N-dealkylation sites (tertiary alicyclic amines) is 1. The molecule has 5 nitrogen and oxygen atoms in total. The molecule has 3 N–H and O–H groups in total. The second-order valence-corrected chi connectivity index (χ2v) is 9.18. The number of piperidine rings is 1. The molecule has 2 heterocycles. The summed E-state index contributed by atoms with van der Waals surface area (Å²) in [6.45, 7) is 0.594. The Balaban J connectivity index is 1.42. The van der Waals surface area contributed by atoms with E-state index in [9.17, 15) is 28.2 Å². The highest BCUT2D eigenvalue weighted by Gasteiger charge is 2.41. The summed E-state index contributed by atoms with van der Waals surface area (Å²) in [6, 6.07) is 7.93. The maximum Gasteiger partial charge on any atom is 0.225 e. The molecule has 2 aliphatic rings. The molecule has 174 valence electrons. The second kappa shape index (κ2) is 8.50. The highest BCUT2D eigenvalue weighted by atomic mass is 19.1. The van der Waals surface area contributed by atoms with Crippen LogP contribution in [-0.2, 0) is 4.79 Å². The van der Waals surface area contributed by atoms with Crippen LogP contribution in [-0.4, -0.2) is 51.8 Å². The van der Waals surface area contributed by atoms with E-state index in [0.717, 1.165) is 11.6 Å². The van der Waals surface area contributed by atoms with Crippen molar-refractivity contribution in [1.29, 1.82) is 0 Å². The Morgan fingerprint density at radius 1 is 1.09 bits per heavy atom. The molecule has 2 aromatic carbocycles. The normalized spacial score (nSPS) is 25.3. The summed E-state index contributed by atoms with van der Waals surface area (Å²) in [4.78, 5) is 17.7. The maximum absolute atomic E-state index is 14.5. The number of carbonyl (C=O) groups is 1. The topological polar surface area (TPSA) is 76.6 Å². The zero-order chi connectivity index (χ0) is 23.3. The lowest BCUT2D eigenvalue weighted by molar-refractivity contribution is -0.143. The third-order valence-electron chi connectivity index (χ3n) is 7.16. The standard InChI is InChI=1S/C25H25F3N2O3/c26-17-3-1-13(2-4-17)23-22(19-9-18(27)10-20(28)24(19)29-23)15-7-16(8-15)25(33)30-6-5-14(12-31)21(32)11-30/h1-4,9-10,14-16,21,29,31-32H,5-8,11-12H2/t14-,15?,16?,21-/m1/s1. The van der Waals surface area contributed by atoms with Gasteiger partial charge in [-0.3, -0.25) is 4.79 Å². The van der Waals surface area contributed by atoms with Crippen LogP contribution >= 0.6 is 0 Å². The average molecular weight is 458 g/mol. The van der Waals surface area contributed by atoms with Gasteiger partial charge in [0.25, 0.3) is 0 Å². The predicted molar refractivity (Wildman–Crippen MR) is 117 cm³/mol. The SMILES string of the molecule is O=C(C1CC(c2c(-c3ccc(F)cc3)[nH]c3c(F)cc(F)cc23)C1)N1CC[C@H](CO)[C@H](O)C1. The Labute approximate surface area is 188 Å². The van der Waals surface area contributed by atoms with E-state index in [1.165, 1.54) is 18.2 Å².